The summed E-state index contributed by atoms with van der Waals surface area (Å²) >= 11 is 1.57. The molecule has 3 aromatic rings. The molecule has 0 aliphatic rings. The van der Waals surface area contributed by atoms with E-state index in [4.69, 9.17) is 5.73 Å². The van der Waals surface area contributed by atoms with E-state index in [1.54, 1.807) is 11.8 Å². The van der Waals surface area contributed by atoms with Crippen LogP contribution in [-0.2, 0) is 13.5 Å². The summed E-state index contributed by atoms with van der Waals surface area (Å²) < 4.78 is 3.86. The maximum Gasteiger partial charge on any atom is 0.201 e. The Morgan fingerprint density at radius 1 is 1.30 bits per heavy atom. The molecule has 3 aromatic heterocycles. The minimum Gasteiger partial charge on any atom is -0.330 e. The predicted octanol–water partition coefficient (Wildman–Crippen LogP) is 1.42. The van der Waals surface area contributed by atoms with Gasteiger partial charge in [0.1, 0.15) is 5.03 Å². The Bertz CT molecular complexity index is 744. The maximum atomic E-state index is 5.69. The second-order valence-corrected chi connectivity index (χ2v) is 5.50. The summed E-state index contributed by atoms with van der Waals surface area (Å²) in [6.45, 7) is 2.62. The van der Waals surface area contributed by atoms with Crippen LogP contribution >= 0.6 is 11.8 Å². The first-order chi connectivity index (χ1) is 9.70. The highest BCUT2D eigenvalue weighted by molar-refractivity contribution is 7.99. The van der Waals surface area contributed by atoms with Gasteiger partial charge in [0, 0.05) is 18.8 Å². The van der Waals surface area contributed by atoms with E-state index < -0.39 is 0 Å². The van der Waals surface area contributed by atoms with Gasteiger partial charge in [-0.1, -0.05) is 6.07 Å². The number of hydrogen-bond donors (Lipinski definition) is 1. The lowest BCUT2D eigenvalue weighted by molar-refractivity contribution is 0.686. The van der Waals surface area contributed by atoms with Crippen molar-refractivity contribution in [3.05, 3.63) is 35.7 Å². The Morgan fingerprint density at radius 3 is 2.95 bits per heavy atom. The predicted molar refractivity (Wildman–Crippen MR) is 77.8 cm³/mol. The third kappa shape index (κ3) is 2.19. The quantitative estimate of drug-likeness (QED) is 0.786. The largest absolute Gasteiger partial charge is 0.330 e. The summed E-state index contributed by atoms with van der Waals surface area (Å²) in [6, 6.07) is 5.86. The van der Waals surface area contributed by atoms with Crippen molar-refractivity contribution in [1.82, 2.24) is 24.4 Å². The van der Waals surface area contributed by atoms with E-state index in [-0.39, 0.29) is 0 Å². The van der Waals surface area contributed by atoms with Crippen LogP contribution < -0.4 is 5.73 Å². The van der Waals surface area contributed by atoms with Gasteiger partial charge < -0.3 is 5.73 Å². The zero-order chi connectivity index (χ0) is 14.1. The summed E-state index contributed by atoms with van der Waals surface area (Å²) in [5, 5.41) is 14.8. The fourth-order valence-electron chi connectivity index (χ4n) is 2.22. The smallest absolute Gasteiger partial charge is 0.201 e. The standard InChI is InChI=1S/C13H16N6S/c1-9-10(6-7-14)12(18(2)17-9)20-13-16-15-11-5-3-4-8-19(11)13/h3-5,8H,6-7,14H2,1-2H3. The Kier molecular flexibility index (Phi) is 3.45. The average Bonchev–Trinajstić information content (AvgIpc) is 2.96. The number of aromatic nitrogens is 5. The van der Waals surface area contributed by atoms with Crippen LogP contribution in [0.15, 0.2) is 34.6 Å². The average molecular weight is 288 g/mol. The van der Waals surface area contributed by atoms with Gasteiger partial charge in [0.25, 0.3) is 0 Å². The molecule has 0 spiro atoms. The zero-order valence-electron chi connectivity index (χ0n) is 11.4. The minimum atomic E-state index is 0.612. The lowest BCUT2D eigenvalue weighted by Gasteiger charge is -2.04. The lowest BCUT2D eigenvalue weighted by atomic mass is 10.2. The summed E-state index contributed by atoms with van der Waals surface area (Å²) in [5.41, 5.74) is 8.74. The molecule has 0 aromatic carbocycles. The van der Waals surface area contributed by atoms with Crippen LogP contribution in [0.5, 0.6) is 0 Å². The molecule has 7 heteroatoms. The van der Waals surface area contributed by atoms with Gasteiger partial charge in [-0.15, -0.1) is 10.2 Å². The van der Waals surface area contributed by atoms with Crippen LogP contribution in [-0.4, -0.2) is 30.9 Å². The second-order valence-electron chi connectivity index (χ2n) is 4.54. The highest BCUT2D eigenvalue weighted by Crippen LogP contribution is 2.30. The molecule has 20 heavy (non-hydrogen) atoms. The molecule has 3 rings (SSSR count). The van der Waals surface area contributed by atoms with Crippen LogP contribution in [0.25, 0.3) is 5.65 Å². The lowest BCUT2D eigenvalue weighted by Crippen LogP contribution is -2.04. The summed E-state index contributed by atoms with van der Waals surface area (Å²) in [6.07, 6.45) is 2.78. The first kappa shape index (κ1) is 13.1. The Morgan fingerprint density at radius 2 is 2.15 bits per heavy atom. The van der Waals surface area contributed by atoms with E-state index in [0.29, 0.717) is 6.54 Å². The molecule has 0 saturated carbocycles. The molecular formula is C13H16N6S. The number of pyridine rings is 1. The van der Waals surface area contributed by atoms with Gasteiger partial charge in [0.15, 0.2) is 5.65 Å². The highest BCUT2D eigenvalue weighted by atomic mass is 32.2. The number of aryl methyl sites for hydroxylation is 2. The fraction of sp³-hybridized carbons (Fsp3) is 0.308. The number of fused-ring (bicyclic) bond motifs is 1. The van der Waals surface area contributed by atoms with Crippen molar-refractivity contribution in [2.75, 3.05) is 6.54 Å². The monoisotopic (exact) mass is 288 g/mol. The van der Waals surface area contributed by atoms with Gasteiger partial charge in [-0.3, -0.25) is 9.08 Å². The van der Waals surface area contributed by atoms with Crippen molar-refractivity contribution < 1.29 is 0 Å². The van der Waals surface area contributed by atoms with E-state index in [1.807, 2.05) is 47.4 Å². The Hall–Kier alpha value is -1.86. The van der Waals surface area contributed by atoms with E-state index in [2.05, 4.69) is 15.3 Å². The molecule has 6 nitrogen and oxygen atoms in total. The minimum absolute atomic E-state index is 0.612. The van der Waals surface area contributed by atoms with Gasteiger partial charge in [-0.05, 0) is 43.8 Å². The zero-order valence-corrected chi connectivity index (χ0v) is 12.3. The molecule has 0 unspecified atom stereocenters. The normalized spacial score (nSPS) is 11.3. The van der Waals surface area contributed by atoms with Crippen molar-refractivity contribution in [3.8, 4) is 0 Å². The Labute approximate surface area is 121 Å². The highest BCUT2D eigenvalue weighted by Gasteiger charge is 2.16. The second kappa shape index (κ2) is 5.26. The fourth-order valence-corrected chi connectivity index (χ4v) is 3.27. The molecule has 0 fully saturated rings. The van der Waals surface area contributed by atoms with Gasteiger partial charge >= 0.3 is 0 Å². The number of rotatable bonds is 4. The molecule has 0 radical (unpaired) electrons. The first-order valence-corrected chi connectivity index (χ1v) is 7.22. The molecule has 3 heterocycles. The van der Waals surface area contributed by atoms with E-state index in [1.165, 1.54) is 5.56 Å². The Balaban J connectivity index is 2.03. The summed E-state index contributed by atoms with van der Waals surface area (Å²) in [4.78, 5) is 0. The number of nitrogens with two attached hydrogens (primary N) is 1. The van der Waals surface area contributed by atoms with Gasteiger partial charge in [-0.25, -0.2) is 0 Å². The summed E-state index contributed by atoms with van der Waals surface area (Å²) in [7, 11) is 1.94. The van der Waals surface area contributed by atoms with Crippen molar-refractivity contribution in [2.24, 2.45) is 12.8 Å². The molecule has 104 valence electrons. The van der Waals surface area contributed by atoms with Gasteiger partial charge in [0.05, 0.1) is 5.69 Å². The van der Waals surface area contributed by atoms with Gasteiger partial charge in [-0.2, -0.15) is 5.10 Å². The van der Waals surface area contributed by atoms with Crippen LogP contribution in [0.2, 0.25) is 0 Å². The van der Waals surface area contributed by atoms with Crippen LogP contribution in [0.1, 0.15) is 11.3 Å². The third-order valence-electron chi connectivity index (χ3n) is 3.15. The van der Waals surface area contributed by atoms with Crippen LogP contribution in [0.4, 0.5) is 0 Å². The molecule has 0 aliphatic heterocycles. The third-order valence-corrected chi connectivity index (χ3v) is 4.32. The van der Waals surface area contributed by atoms with Crippen molar-refractivity contribution in [1.29, 1.82) is 0 Å². The van der Waals surface area contributed by atoms with E-state index in [0.717, 1.165) is 27.9 Å². The first-order valence-electron chi connectivity index (χ1n) is 6.41. The molecule has 0 saturated heterocycles. The van der Waals surface area contributed by atoms with Crippen molar-refractivity contribution in [3.63, 3.8) is 0 Å². The molecule has 0 bridgehead atoms. The molecule has 0 atom stereocenters. The molecular weight excluding hydrogens is 272 g/mol. The number of nitrogens with zero attached hydrogens (tertiary/aromatic N) is 5. The van der Waals surface area contributed by atoms with Crippen LogP contribution in [0, 0.1) is 6.92 Å². The van der Waals surface area contributed by atoms with E-state index >= 15 is 0 Å². The summed E-state index contributed by atoms with van der Waals surface area (Å²) in [5.74, 6) is 0. The molecule has 2 N–H and O–H groups in total. The van der Waals surface area contributed by atoms with Crippen LogP contribution in [0.3, 0.4) is 0 Å². The molecule has 0 aliphatic carbocycles. The SMILES string of the molecule is Cc1nn(C)c(Sc2nnc3ccccn23)c1CCN. The number of hydrogen-bond acceptors (Lipinski definition) is 5. The topological polar surface area (TPSA) is 74.0 Å². The molecule has 0 amide bonds. The van der Waals surface area contributed by atoms with Gasteiger partial charge in [0.2, 0.25) is 5.16 Å². The van der Waals surface area contributed by atoms with Crippen molar-refractivity contribution >= 4 is 17.4 Å². The van der Waals surface area contributed by atoms with E-state index in [9.17, 15) is 0 Å². The van der Waals surface area contributed by atoms with Crippen molar-refractivity contribution in [2.45, 2.75) is 23.5 Å². The maximum absolute atomic E-state index is 5.69.